The Labute approximate surface area is 89.9 Å². The van der Waals surface area contributed by atoms with E-state index in [1.807, 2.05) is 0 Å². The molecule has 2 heteroatoms. The highest BCUT2D eigenvalue weighted by Crippen LogP contribution is 2.58. The topological polar surface area (TPSA) is 0 Å². The molecular weight excluding hydrogens is 196 g/mol. The van der Waals surface area contributed by atoms with Gasteiger partial charge in [-0.15, -0.1) is 23.5 Å². The second kappa shape index (κ2) is 3.23. The van der Waals surface area contributed by atoms with E-state index in [9.17, 15) is 0 Å². The first-order chi connectivity index (χ1) is 6.02. The number of allylic oxidation sites excluding steroid dienone is 1. The van der Waals surface area contributed by atoms with E-state index in [0.717, 1.165) is 0 Å². The zero-order chi connectivity index (χ0) is 9.53. The molecule has 0 nitrogen and oxygen atoms in total. The lowest BCUT2D eigenvalue weighted by Crippen LogP contribution is -2.32. The van der Waals surface area contributed by atoms with Gasteiger partial charge in [-0.1, -0.05) is 26.0 Å². The fourth-order valence-electron chi connectivity index (χ4n) is 2.68. The van der Waals surface area contributed by atoms with Crippen LogP contribution in [0.3, 0.4) is 0 Å². The van der Waals surface area contributed by atoms with Gasteiger partial charge in [-0.05, 0) is 24.7 Å². The predicted octanol–water partition coefficient (Wildman–Crippen LogP) is 3.93. The molecule has 74 valence electrons. The van der Waals surface area contributed by atoms with Crippen molar-refractivity contribution in [1.29, 1.82) is 0 Å². The molecule has 0 unspecified atom stereocenters. The Morgan fingerprint density at radius 1 is 1.15 bits per heavy atom. The van der Waals surface area contributed by atoms with Crippen LogP contribution in [0.15, 0.2) is 12.2 Å². The van der Waals surface area contributed by atoms with E-state index in [1.54, 1.807) is 0 Å². The molecule has 13 heavy (non-hydrogen) atoms. The lowest BCUT2D eigenvalue weighted by Gasteiger charge is -2.42. The van der Waals surface area contributed by atoms with Crippen LogP contribution in [0.2, 0.25) is 0 Å². The maximum Gasteiger partial charge on any atom is 0.0653 e. The highest BCUT2D eigenvalue weighted by molar-refractivity contribution is 8.21. The molecule has 1 saturated carbocycles. The highest BCUT2D eigenvalue weighted by atomic mass is 32.2. The standard InChI is InChI=1S/C11H18S2/c1-9-6-10(2,3)8-11(7-9)12-4-5-13-11/h1,4-8H2,2-3H3. The molecule has 0 bridgehead atoms. The van der Waals surface area contributed by atoms with Crippen molar-refractivity contribution in [2.45, 2.75) is 37.2 Å². The maximum absolute atomic E-state index is 4.20. The van der Waals surface area contributed by atoms with Crippen molar-refractivity contribution < 1.29 is 0 Å². The van der Waals surface area contributed by atoms with Crippen LogP contribution in [-0.4, -0.2) is 15.6 Å². The number of hydrogen-bond acceptors (Lipinski definition) is 2. The van der Waals surface area contributed by atoms with E-state index in [1.165, 1.54) is 36.3 Å². The van der Waals surface area contributed by atoms with Gasteiger partial charge >= 0.3 is 0 Å². The monoisotopic (exact) mass is 214 g/mol. The summed E-state index contributed by atoms with van der Waals surface area (Å²) < 4.78 is 0.513. The van der Waals surface area contributed by atoms with Gasteiger partial charge in [0.2, 0.25) is 0 Å². The number of hydrogen-bond donors (Lipinski definition) is 0. The summed E-state index contributed by atoms with van der Waals surface area (Å²) in [7, 11) is 0. The molecule has 0 N–H and O–H groups in total. The zero-order valence-corrected chi connectivity index (χ0v) is 10.2. The molecule has 1 aliphatic heterocycles. The molecule has 1 saturated heterocycles. The maximum atomic E-state index is 4.20. The summed E-state index contributed by atoms with van der Waals surface area (Å²) >= 11 is 4.35. The summed E-state index contributed by atoms with van der Waals surface area (Å²) in [5, 5.41) is 0. The first-order valence-electron chi connectivity index (χ1n) is 4.96. The zero-order valence-electron chi connectivity index (χ0n) is 8.56. The van der Waals surface area contributed by atoms with Crippen molar-refractivity contribution in [2.24, 2.45) is 5.41 Å². The smallest absolute Gasteiger partial charge is 0.0653 e. The first-order valence-corrected chi connectivity index (χ1v) is 6.93. The van der Waals surface area contributed by atoms with Gasteiger partial charge in [0, 0.05) is 11.5 Å². The number of rotatable bonds is 0. The highest BCUT2D eigenvalue weighted by Gasteiger charge is 2.44. The first kappa shape index (κ1) is 9.97. The molecule has 0 aromatic rings. The molecule has 2 fully saturated rings. The summed E-state index contributed by atoms with van der Waals surface area (Å²) in [6.45, 7) is 8.98. The van der Waals surface area contributed by atoms with Crippen molar-refractivity contribution in [2.75, 3.05) is 11.5 Å². The molecule has 0 atom stereocenters. The van der Waals surface area contributed by atoms with Crippen molar-refractivity contribution in [3.05, 3.63) is 12.2 Å². The quantitative estimate of drug-likeness (QED) is 0.560. The van der Waals surface area contributed by atoms with Crippen LogP contribution < -0.4 is 0 Å². The van der Waals surface area contributed by atoms with Crippen LogP contribution in [0.1, 0.15) is 33.1 Å². The lowest BCUT2D eigenvalue weighted by atomic mass is 9.75. The third-order valence-corrected chi connectivity index (χ3v) is 6.22. The average molecular weight is 214 g/mol. The van der Waals surface area contributed by atoms with Crippen LogP contribution in [-0.2, 0) is 0 Å². The Kier molecular flexibility index (Phi) is 2.48. The second-order valence-electron chi connectivity index (χ2n) is 5.05. The average Bonchev–Trinajstić information content (AvgIpc) is 2.31. The number of thioether (sulfide) groups is 2. The molecule has 0 aromatic heterocycles. The van der Waals surface area contributed by atoms with Crippen LogP contribution >= 0.6 is 23.5 Å². The minimum Gasteiger partial charge on any atom is -0.143 e. The molecular formula is C11H18S2. The molecule has 2 rings (SSSR count). The van der Waals surface area contributed by atoms with Crippen LogP contribution in [0, 0.1) is 5.41 Å². The van der Waals surface area contributed by atoms with Crippen molar-refractivity contribution in [3.8, 4) is 0 Å². The molecule has 1 aliphatic carbocycles. The molecule has 1 spiro atoms. The van der Waals surface area contributed by atoms with Gasteiger partial charge in [-0.3, -0.25) is 0 Å². The van der Waals surface area contributed by atoms with Gasteiger partial charge in [0.05, 0.1) is 4.08 Å². The Morgan fingerprint density at radius 3 is 2.31 bits per heavy atom. The molecule has 0 aromatic carbocycles. The van der Waals surface area contributed by atoms with E-state index in [0.29, 0.717) is 9.49 Å². The van der Waals surface area contributed by atoms with Gasteiger partial charge < -0.3 is 0 Å². The van der Waals surface area contributed by atoms with E-state index in [4.69, 9.17) is 0 Å². The van der Waals surface area contributed by atoms with Crippen molar-refractivity contribution >= 4 is 23.5 Å². The SMILES string of the molecule is C=C1CC(C)(C)CC2(C1)SCCS2. The molecule has 1 heterocycles. The third-order valence-electron chi connectivity index (χ3n) is 2.81. The van der Waals surface area contributed by atoms with Crippen molar-refractivity contribution in [1.82, 2.24) is 0 Å². The van der Waals surface area contributed by atoms with E-state index < -0.39 is 0 Å². The normalized spacial score (nSPS) is 31.1. The third kappa shape index (κ3) is 2.10. The summed E-state index contributed by atoms with van der Waals surface area (Å²) in [6, 6.07) is 0. The minimum atomic E-state index is 0.486. The van der Waals surface area contributed by atoms with Gasteiger partial charge in [0.15, 0.2) is 0 Å². The van der Waals surface area contributed by atoms with Gasteiger partial charge in [0.25, 0.3) is 0 Å². The Bertz CT molecular complexity index is 224. The summed E-state index contributed by atoms with van der Waals surface area (Å²) in [5.41, 5.74) is 1.96. The Balaban J connectivity index is 2.17. The van der Waals surface area contributed by atoms with Gasteiger partial charge in [-0.25, -0.2) is 0 Å². The Morgan fingerprint density at radius 2 is 1.77 bits per heavy atom. The van der Waals surface area contributed by atoms with E-state index in [2.05, 4.69) is 44.0 Å². The predicted molar refractivity (Wildman–Crippen MR) is 64.4 cm³/mol. The second-order valence-corrected chi connectivity index (χ2v) is 8.27. The summed E-state index contributed by atoms with van der Waals surface area (Å²) in [4.78, 5) is 0. The minimum absolute atomic E-state index is 0.486. The largest absolute Gasteiger partial charge is 0.143 e. The fourth-order valence-corrected chi connectivity index (χ4v) is 6.52. The van der Waals surface area contributed by atoms with Crippen LogP contribution in [0.4, 0.5) is 0 Å². The van der Waals surface area contributed by atoms with E-state index in [-0.39, 0.29) is 0 Å². The molecule has 0 amide bonds. The molecule has 2 aliphatic rings. The van der Waals surface area contributed by atoms with Crippen LogP contribution in [0.5, 0.6) is 0 Å². The van der Waals surface area contributed by atoms with Crippen molar-refractivity contribution in [3.63, 3.8) is 0 Å². The lowest BCUT2D eigenvalue weighted by molar-refractivity contribution is 0.285. The molecule has 0 radical (unpaired) electrons. The fraction of sp³-hybridized carbons (Fsp3) is 0.818. The Hall–Kier alpha value is 0.440. The van der Waals surface area contributed by atoms with Crippen LogP contribution in [0.25, 0.3) is 0 Å². The summed E-state index contributed by atoms with van der Waals surface area (Å²) in [6.07, 6.45) is 3.86. The van der Waals surface area contributed by atoms with Gasteiger partial charge in [-0.2, -0.15) is 0 Å². The summed E-state index contributed by atoms with van der Waals surface area (Å²) in [5.74, 6) is 2.68. The van der Waals surface area contributed by atoms with E-state index >= 15 is 0 Å². The van der Waals surface area contributed by atoms with Gasteiger partial charge in [0.1, 0.15) is 0 Å².